The molecule has 0 saturated carbocycles. The molecule has 2 aromatic carbocycles. The summed E-state index contributed by atoms with van der Waals surface area (Å²) in [6, 6.07) is 14.4. The highest BCUT2D eigenvalue weighted by Gasteiger charge is 2.21. The maximum Gasteiger partial charge on any atom is 0.152 e. The summed E-state index contributed by atoms with van der Waals surface area (Å²) in [5.74, 6) is -0.259. The van der Waals surface area contributed by atoms with Gasteiger partial charge in [-0.05, 0) is 17.7 Å². The highest BCUT2D eigenvalue weighted by molar-refractivity contribution is 5.68. The van der Waals surface area contributed by atoms with Crippen LogP contribution in [-0.4, -0.2) is 19.3 Å². The fraction of sp³-hybridized carbons (Fsp3) is 0.235. The molecule has 3 rings (SSSR count). The van der Waals surface area contributed by atoms with E-state index in [0.29, 0.717) is 18.8 Å². The van der Waals surface area contributed by atoms with Crippen LogP contribution in [0.5, 0.6) is 5.75 Å². The Morgan fingerprint density at radius 3 is 2.67 bits per heavy atom. The van der Waals surface area contributed by atoms with E-state index in [4.69, 9.17) is 9.47 Å². The fourth-order valence-electron chi connectivity index (χ4n) is 2.39. The molecule has 1 aliphatic rings. The minimum absolute atomic E-state index is 0.0525. The lowest BCUT2D eigenvalue weighted by Gasteiger charge is -2.14. The van der Waals surface area contributed by atoms with Crippen LogP contribution >= 0.6 is 0 Å². The van der Waals surface area contributed by atoms with Crippen molar-refractivity contribution in [1.29, 1.82) is 5.26 Å². The van der Waals surface area contributed by atoms with Gasteiger partial charge in [0.15, 0.2) is 5.82 Å². The van der Waals surface area contributed by atoms with E-state index < -0.39 is 5.82 Å². The molecule has 2 aromatic rings. The molecule has 0 amide bonds. The molecule has 1 aliphatic heterocycles. The quantitative estimate of drug-likeness (QED) is 0.865. The predicted octanol–water partition coefficient (Wildman–Crippen LogP) is 3.53. The summed E-state index contributed by atoms with van der Waals surface area (Å²) in [7, 11) is 0. The number of halogens is 1. The van der Waals surface area contributed by atoms with Gasteiger partial charge in [-0.3, -0.25) is 0 Å². The van der Waals surface area contributed by atoms with Crippen LogP contribution in [0.2, 0.25) is 0 Å². The van der Waals surface area contributed by atoms with E-state index in [1.54, 1.807) is 12.1 Å². The Bertz CT molecular complexity index is 673. The van der Waals surface area contributed by atoms with Gasteiger partial charge < -0.3 is 9.47 Å². The SMILES string of the molecule is N#Cc1c(OC2CCOC2)ccc(-c2ccccc2)c1F. The van der Waals surface area contributed by atoms with Gasteiger partial charge in [-0.25, -0.2) is 4.39 Å². The molecule has 0 aromatic heterocycles. The summed E-state index contributed by atoms with van der Waals surface area (Å²) >= 11 is 0. The third kappa shape index (κ3) is 2.74. The van der Waals surface area contributed by atoms with Crippen LogP contribution in [0, 0.1) is 17.1 Å². The normalized spacial score (nSPS) is 17.4. The van der Waals surface area contributed by atoms with Gasteiger partial charge in [0, 0.05) is 12.0 Å². The Hall–Kier alpha value is -2.38. The number of nitriles is 1. The zero-order valence-electron chi connectivity index (χ0n) is 11.4. The second kappa shape index (κ2) is 5.94. The molecule has 1 heterocycles. The molecule has 0 aliphatic carbocycles. The fourth-order valence-corrected chi connectivity index (χ4v) is 2.39. The smallest absolute Gasteiger partial charge is 0.152 e. The van der Waals surface area contributed by atoms with E-state index in [1.165, 1.54) is 0 Å². The zero-order valence-corrected chi connectivity index (χ0v) is 11.4. The van der Waals surface area contributed by atoms with Crippen molar-refractivity contribution < 1.29 is 13.9 Å². The molecule has 0 radical (unpaired) electrons. The van der Waals surface area contributed by atoms with Crippen LogP contribution in [0.25, 0.3) is 11.1 Å². The van der Waals surface area contributed by atoms with Gasteiger partial charge in [0.05, 0.1) is 13.2 Å². The van der Waals surface area contributed by atoms with Crippen LogP contribution < -0.4 is 4.74 Å². The average Bonchev–Trinajstić information content (AvgIpc) is 3.02. The molecule has 0 spiro atoms. The summed E-state index contributed by atoms with van der Waals surface area (Å²) < 4.78 is 25.5. The van der Waals surface area contributed by atoms with E-state index >= 15 is 0 Å². The van der Waals surface area contributed by atoms with Crippen molar-refractivity contribution in [2.24, 2.45) is 0 Å². The molecular formula is C17H14FNO2. The van der Waals surface area contributed by atoms with Gasteiger partial charge in [-0.15, -0.1) is 0 Å². The Morgan fingerprint density at radius 1 is 1.19 bits per heavy atom. The third-order valence-corrected chi connectivity index (χ3v) is 3.48. The van der Waals surface area contributed by atoms with Crippen molar-refractivity contribution in [2.75, 3.05) is 13.2 Å². The lowest BCUT2D eigenvalue weighted by Crippen LogP contribution is -2.16. The molecule has 4 heteroatoms. The minimum Gasteiger partial charge on any atom is -0.486 e. The van der Waals surface area contributed by atoms with Crippen LogP contribution in [0.3, 0.4) is 0 Å². The van der Waals surface area contributed by atoms with Gasteiger partial charge in [-0.1, -0.05) is 30.3 Å². The second-order valence-corrected chi connectivity index (χ2v) is 4.88. The lowest BCUT2D eigenvalue weighted by molar-refractivity contribution is 0.141. The van der Waals surface area contributed by atoms with Crippen LogP contribution in [0.1, 0.15) is 12.0 Å². The van der Waals surface area contributed by atoms with Crippen LogP contribution in [0.4, 0.5) is 4.39 Å². The lowest BCUT2D eigenvalue weighted by atomic mass is 10.0. The molecule has 1 saturated heterocycles. The third-order valence-electron chi connectivity index (χ3n) is 3.48. The minimum atomic E-state index is -0.542. The topological polar surface area (TPSA) is 42.2 Å². The van der Waals surface area contributed by atoms with Crippen molar-refractivity contribution in [3.63, 3.8) is 0 Å². The standard InChI is InChI=1S/C17H14FNO2/c18-17-14(12-4-2-1-3-5-12)6-7-16(15(17)10-19)21-13-8-9-20-11-13/h1-7,13H,8-9,11H2. The van der Waals surface area contributed by atoms with E-state index in [9.17, 15) is 9.65 Å². The first-order valence-electron chi connectivity index (χ1n) is 6.82. The van der Waals surface area contributed by atoms with Gasteiger partial charge in [0.1, 0.15) is 23.5 Å². The summed E-state index contributed by atoms with van der Waals surface area (Å²) in [5, 5.41) is 9.24. The first-order chi connectivity index (χ1) is 10.3. The largest absolute Gasteiger partial charge is 0.486 e. The molecule has 1 atom stereocenters. The van der Waals surface area contributed by atoms with E-state index in [-0.39, 0.29) is 17.4 Å². The molecule has 1 fully saturated rings. The predicted molar refractivity (Wildman–Crippen MR) is 76.4 cm³/mol. The van der Waals surface area contributed by atoms with Crippen molar-refractivity contribution in [2.45, 2.75) is 12.5 Å². The zero-order chi connectivity index (χ0) is 14.7. The van der Waals surface area contributed by atoms with E-state index in [1.807, 2.05) is 36.4 Å². The summed E-state index contributed by atoms with van der Waals surface area (Å²) in [5.41, 5.74) is 1.09. The molecular weight excluding hydrogens is 269 g/mol. The van der Waals surface area contributed by atoms with E-state index in [2.05, 4.69) is 0 Å². The van der Waals surface area contributed by atoms with Crippen molar-refractivity contribution in [3.8, 4) is 22.9 Å². The molecule has 3 nitrogen and oxygen atoms in total. The first-order valence-corrected chi connectivity index (χ1v) is 6.82. The van der Waals surface area contributed by atoms with Crippen molar-refractivity contribution >= 4 is 0 Å². The molecule has 0 N–H and O–H groups in total. The van der Waals surface area contributed by atoms with Gasteiger partial charge in [0.25, 0.3) is 0 Å². The number of hydrogen-bond donors (Lipinski definition) is 0. The number of ether oxygens (including phenoxy) is 2. The van der Waals surface area contributed by atoms with Crippen LogP contribution in [0.15, 0.2) is 42.5 Å². The highest BCUT2D eigenvalue weighted by atomic mass is 19.1. The van der Waals surface area contributed by atoms with Gasteiger partial charge in [0.2, 0.25) is 0 Å². The maximum atomic E-state index is 14.6. The highest BCUT2D eigenvalue weighted by Crippen LogP contribution is 2.31. The van der Waals surface area contributed by atoms with Gasteiger partial charge in [-0.2, -0.15) is 5.26 Å². The van der Waals surface area contributed by atoms with Crippen LogP contribution in [-0.2, 0) is 4.74 Å². The monoisotopic (exact) mass is 283 g/mol. The Kier molecular flexibility index (Phi) is 3.85. The van der Waals surface area contributed by atoms with Gasteiger partial charge >= 0.3 is 0 Å². The Balaban J connectivity index is 1.97. The Morgan fingerprint density at radius 2 is 2.00 bits per heavy atom. The summed E-state index contributed by atoms with van der Waals surface area (Å²) in [6.07, 6.45) is 0.645. The molecule has 1 unspecified atom stereocenters. The molecule has 106 valence electrons. The average molecular weight is 283 g/mol. The number of rotatable bonds is 3. The number of nitrogens with zero attached hydrogens (tertiary/aromatic N) is 1. The maximum absolute atomic E-state index is 14.6. The number of hydrogen-bond acceptors (Lipinski definition) is 3. The first kappa shape index (κ1) is 13.6. The van der Waals surface area contributed by atoms with Crippen molar-refractivity contribution in [1.82, 2.24) is 0 Å². The summed E-state index contributed by atoms with van der Waals surface area (Å²) in [6.45, 7) is 1.12. The molecule has 0 bridgehead atoms. The van der Waals surface area contributed by atoms with E-state index in [0.717, 1.165) is 12.0 Å². The summed E-state index contributed by atoms with van der Waals surface area (Å²) in [4.78, 5) is 0. The number of benzene rings is 2. The second-order valence-electron chi connectivity index (χ2n) is 4.88. The van der Waals surface area contributed by atoms with Crippen molar-refractivity contribution in [3.05, 3.63) is 53.8 Å². The molecule has 21 heavy (non-hydrogen) atoms. The Labute approximate surface area is 122 Å².